The zero-order valence-electron chi connectivity index (χ0n) is 2.79. The molecule has 0 saturated heterocycles. The van der Waals surface area contributed by atoms with Crippen molar-refractivity contribution in [2.45, 2.75) is 0 Å². The second kappa shape index (κ2) is 4.83. The van der Waals surface area contributed by atoms with E-state index < -0.39 is 10.4 Å². The Morgan fingerprint density at radius 3 is 1.14 bits per heavy atom. The summed E-state index contributed by atoms with van der Waals surface area (Å²) in [6.45, 7) is 0. The Morgan fingerprint density at radius 2 is 1.14 bits per heavy atom. The van der Waals surface area contributed by atoms with Gasteiger partial charge in [0.25, 0.3) is 0 Å². The summed E-state index contributed by atoms with van der Waals surface area (Å²) in [6, 6.07) is 0. The Labute approximate surface area is 57.8 Å². The van der Waals surface area contributed by atoms with E-state index >= 15 is 0 Å². The van der Waals surface area contributed by atoms with Gasteiger partial charge in [-0.2, -0.15) is 0 Å². The molecule has 0 amide bonds. The quantitative estimate of drug-likeness (QED) is 0.258. The first kappa shape index (κ1) is 15.6. The molecule has 1 radical (unpaired) electrons. The molecule has 0 aromatic rings. The van der Waals surface area contributed by atoms with Crippen LogP contribution in [0, 0.1) is 12.4 Å². The summed E-state index contributed by atoms with van der Waals surface area (Å²) in [7, 11) is -5.17. The van der Waals surface area contributed by atoms with Gasteiger partial charge < -0.3 is 9.11 Å². The molecule has 0 N–H and O–H groups in total. The molecule has 0 bridgehead atoms. The molecule has 0 aliphatic heterocycles. The molecule has 0 atom stereocenters. The van der Waals surface area contributed by atoms with Crippen LogP contribution in [0.1, 0.15) is 0 Å². The van der Waals surface area contributed by atoms with E-state index in [0.29, 0.717) is 0 Å². The van der Waals surface area contributed by atoms with Gasteiger partial charge in [-0.25, -0.2) is 0 Å². The van der Waals surface area contributed by atoms with E-state index in [1.165, 1.54) is 0 Å². The Kier molecular flexibility index (Phi) is 10.8. The molecule has 0 aromatic heterocycles. The van der Waals surface area contributed by atoms with Crippen LogP contribution in [-0.2, 0) is 27.5 Å². The summed E-state index contributed by atoms with van der Waals surface area (Å²) in [5.41, 5.74) is 0. The van der Waals surface area contributed by atoms with Crippen molar-refractivity contribution in [3.63, 3.8) is 0 Å². The third-order valence-corrected chi connectivity index (χ3v) is 0. The molecule has 0 saturated carbocycles. The monoisotopic (exact) mass is 196 g/mol. The predicted molar refractivity (Wildman–Crippen MR) is 13.3 cm³/mol. The molecule has 7 heteroatoms. The summed E-state index contributed by atoms with van der Waals surface area (Å²) in [4.78, 5) is 0. The molecule has 0 unspecified atom stereocenters. The Hall–Kier alpha value is 0.679. The summed E-state index contributed by atoms with van der Waals surface area (Å²) in [5, 5.41) is 0. The van der Waals surface area contributed by atoms with Gasteiger partial charge in [0.05, 0.1) is 12.4 Å². The molecule has 4 nitrogen and oxygen atoms in total. The largest absolute Gasteiger partial charge is 2.00 e. The van der Waals surface area contributed by atoms with Crippen molar-refractivity contribution in [3.8, 4) is 0 Å². The van der Waals surface area contributed by atoms with Gasteiger partial charge in [0, 0.05) is 10.4 Å². The molecule has 7 heavy (non-hydrogen) atoms. The average Bonchev–Trinajstić information content (AvgIpc) is 0.722. The standard InChI is InChI=1S/ClH2.Cu.H2O4S/c;;1-5(2,3)4/h1H2;;(H2,1,2,3,4)/q+1;+2;/p-2. The van der Waals surface area contributed by atoms with E-state index in [1.807, 2.05) is 0 Å². The molecule has 0 fully saturated rings. The summed E-state index contributed by atoms with van der Waals surface area (Å²) < 4.78 is 34.1. The fourth-order valence-electron chi connectivity index (χ4n) is 0. The van der Waals surface area contributed by atoms with Crippen LogP contribution in [0.25, 0.3) is 0 Å². The molecule has 0 rings (SSSR count). The van der Waals surface area contributed by atoms with Crippen molar-refractivity contribution in [3.05, 3.63) is 0 Å². The average molecular weight is 197 g/mol. The summed E-state index contributed by atoms with van der Waals surface area (Å²) >= 11 is 0. The van der Waals surface area contributed by atoms with Gasteiger partial charge in [0.2, 0.25) is 0 Å². The molecule has 0 heterocycles. The first-order valence-corrected chi connectivity index (χ1v) is 2.00. The number of halogens is 1. The second-order valence-electron chi connectivity index (χ2n) is 0.408. The molecular weight excluding hydrogens is 195 g/mol. The normalized spacial score (nSPS) is 8.29. The van der Waals surface area contributed by atoms with Crippen molar-refractivity contribution in [1.82, 2.24) is 0 Å². The van der Waals surface area contributed by atoms with Crippen LogP contribution in [0.3, 0.4) is 0 Å². The van der Waals surface area contributed by atoms with Crippen LogP contribution in [0.5, 0.6) is 0 Å². The van der Waals surface area contributed by atoms with Gasteiger partial charge in [-0.15, -0.1) is 0 Å². The summed E-state index contributed by atoms with van der Waals surface area (Å²) in [5.74, 6) is 0. The van der Waals surface area contributed by atoms with Gasteiger partial charge >= 0.3 is 17.1 Å². The first-order chi connectivity index (χ1) is 2.00. The summed E-state index contributed by atoms with van der Waals surface area (Å²) in [6.07, 6.45) is 0. The first-order valence-electron chi connectivity index (χ1n) is 0.667. The van der Waals surface area contributed by atoms with E-state index in [-0.39, 0.29) is 29.5 Å². The molecular formula is H2ClCuO4S+. The van der Waals surface area contributed by atoms with Crippen LogP contribution in [0.15, 0.2) is 0 Å². The van der Waals surface area contributed by atoms with E-state index in [1.54, 1.807) is 0 Å². The minimum absolute atomic E-state index is 0. The van der Waals surface area contributed by atoms with Crippen molar-refractivity contribution >= 4 is 10.4 Å². The molecule has 0 spiro atoms. The minimum atomic E-state index is -5.17. The maximum Gasteiger partial charge on any atom is 2.00 e. The zero-order chi connectivity index (χ0) is 4.50. The maximum absolute atomic E-state index is 8.52. The topological polar surface area (TPSA) is 80.3 Å². The fraction of sp³-hybridized carbons (Fsp3) is 0. The number of rotatable bonds is 0. The molecule has 0 aromatic carbocycles. The SMILES string of the molecule is O=S(=O)([O-])[O-].[ClH2+].[Cu+2]. The second-order valence-corrected chi connectivity index (χ2v) is 1.22. The van der Waals surface area contributed by atoms with Crippen LogP contribution in [-0.4, -0.2) is 17.5 Å². The van der Waals surface area contributed by atoms with Crippen LogP contribution in [0.2, 0.25) is 0 Å². The van der Waals surface area contributed by atoms with Crippen LogP contribution >= 0.6 is 0 Å². The van der Waals surface area contributed by atoms with Gasteiger partial charge in [-0.3, -0.25) is 8.42 Å². The van der Waals surface area contributed by atoms with Crippen molar-refractivity contribution in [2.24, 2.45) is 0 Å². The Balaban J connectivity index is -0.0000000800. The van der Waals surface area contributed by atoms with Crippen LogP contribution < -0.4 is 0 Å². The third-order valence-electron chi connectivity index (χ3n) is 0. The van der Waals surface area contributed by atoms with Gasteiger partial charge in [0.15, 0.2) is 0 Å². The maximum atomic E-state index is 8.52. The predicted octanol–water partition coefficient (Wildman–Crippen LogP) is -1.88. The van der Waals surface area contributed by atoms with Gasteiger partial charge in [-0.05, 0) is 0 Å². The fourth-order valence-corrected chi connectivity index (χ4v) is 0. The Bertz CT molecular complexity index is 94.9. The van der Waals surface area contributed by atoms with E-state index in [2.05, 4.69) is 0 Å². The number of hydrogen-bond donors (Lipinski definition) is 0. The van der Waals surface area contributed by atoms with Gasteiger partial charge in [0.1, 0.15) is 0 Å². The van der Waals surface area contributed by atoms with Crippen molar-refractivity contribution in [2.75, 3.05) is 0 Å². The third kappa shape index (κ3) is 317. The van der Waals surface area contributed by atoms with Crippen molar-refractivity contribution < 1.29 is 47.0 Å². The molecule has 0 aliphatic rings. The van der Waals surface area contributed by atoms with E-state index in [4.69, 9.17) is 17.5 Å². The van der Waals surface area contributed by atoms with Crippen LogP contribution in [0.4, 0.5) is 0 Å². The Morgan fingerprint density at radius 1 is 1.14 bits per heavy atom. The van der Waals surface area contributed by atoms with E-state index in [9.17, 15) is 0 Å². The minimum Gasteiger partial charge on any atom is -0.759 e. The molecule has 49 valence electrons. The molecule has 0 aliphatic carbocycles. The number of hydrogen-bond acceptors (Lipinski definition) is 4. The van der Waals surface area contributed by atoms with Gasteiger partial charge in [-0.1, -0.05) is 0 Å². The van der Waals surface area contributed by atoms with Crippen molar-refractivity contribution in [1.29, 1.82) is 0 Å². The van der Waals surface area contributed by atoms with E-state index in [0.717, 1.165) is 0 Å². The smallest absolute Gasteiger partial charge is 0.759 e. The zero-order valence-corrected chi connectivity index (χ0v) is 5.44.